The van der Waals surface area contributed by atoms with Crippen LogP contribution in [-0.2, 0) is 11.3 Å². The third-order valence-electron chi connectivity index (χ3n) is 4.00. The molecule has 0 aliphatic heterocycles. The Balaban J connectivity index is 1.50. The summed E-state index contributed by atoms with van der Waals surface area (Å²) in [6.07, 6.45) is 10.7. The minimum absolute atomic E-state index is 0.144. The second-order valence-corrected chi connectivity index (χ2v) is 7.59. The smallest absolute Gasteiger partial charge is 0.225 e. The fraction of sp³-hybridized carbons (Fsp3) is 0.556. The molecule has 1 heterocycles. The highest BCUT2D eigenvalue weighted by Crippen LogP contribution is 2.16. The van der Waals surface area contributed by atoms with Gasteiger partial charge in [-0.3, -0.25) is 4.79 Å². The van der Waals surface area contributed by atoms with Gasteiger partial charge in [-0.25, -0.2) is 0 Å². The number of hydrogen-bond acceptors (Lipinski definition) is 2. The van der Waals surface area contributed by atoms with Crippen molar-refractivity contribution in [3.63, 3.8) is 0 Å². The van der Waals surface area contributed by atoms with Crippen LogP contribution in [-0.4, -0.2) is 4.69 Å². The number of aryl methyl sites for hydroxylation is 1. The second kappa shape index (κ2) is 10.1. The van der Waals surface area contributed by atoms with E-state index in [9.17, 15) is 4.79 Å². The van der Waals surface area contributed by atoms with Crippen LogP contribution in [0, 0.1) is 0 Å². The van der Waals surface area contributed by atoms with Crippen LogP contribution in [0.1, 0.15) is 57.8 Å². The highest BCUT2D eigenvalue weighted by molar-refractivity contribution is 9.18. The average molecular weight is 383 g/mol. The Hall–Kier alpha value is -0.740. The zero-order valence-corrected chi connectivity index (χ0v) is 15.5. The van der Waals surface area contributed by atoms with E-state index in [0.717, 1.165) is 13.0 Å². The Morgan fingerprint density at radius 1 is 0.955 bits per heavy atom. The average Bonchev–Trinajstić information content (AvgIpc) is 2.92. The van der Waals surface area contributed by atoms with E-state index in [0.29, 0.717) is 6.42 Å². The highest BCUT2D eigenvalue weighted by atomic mass is 79.9. The molecule has 2 nitrogen and oxygen atoms in total. The molecule has 120 valence electrons. The van der Waals surface area contributed by atoms with Gasteiger partial charge in [0.1, 0.15) is 11.2 Å². The summed E-state index contributed by atoms with van der Waals surface area (Å²) < 4.78 is 3.91. The molecule has 0 aliphatic carbocycles. The monoisotopic (exact) mass is 382 g/mol. The summed E-state index contributed by atoms with van der Waals surface area (Å²) in [6, 6.07) is 8.63. The molecule has 0 radical (unpaired) electrons. The van der Waals surface area contributed by atoms with E-state index in [1.165, 1.54) is 55.2 Å². The van der Waals surface area contributed by atoms with Crippen molar-refractivity contribution in [2.75, 3.05) is 0 Å². The molecule has 0 saturated carbocycles. The van der Waals surface area contributed by atoms with Crippen LogP contribution in [0.3, 0.4) is 0 Å². The van der Waals surface area contributed by atoms with Crippen LogP contribution in [0.4, 0.5) is 0 Å². The lowest BCUT2D eigenvalue weighted by Crippen LogP contribution is -2.31. The van der Waals surface area contributed by atoms with Crippen LogP contribution in [0.2, 0.25) is 0 Å². The van der Waals surface area contributed by atoms with E-state index < -0.39 is 0 Å². The Labute approximate surface area is 145 Å². The highest BCUT2D eigenvalue weighted by Gasteiger charge is 2.09. The van der Waals surface area contributed by atoms with Gasteiger partial charge in [0, 0.05) is 18.9 Å². The van der Waals surface area contributed by atoms with Gasteiger partial charge < -0.3 is 0 Å². The lowest BCUT2D eigenvalue weighted by molar-refractivity contribution is -0.667. The molecule has 0 amide bonds. The zero-order chi connectivity index (χ0) is 15.6. The number of halogens is 1. The Morgan fingerprint density at radius 2 is 1.59 bits per heavy atom. The van der Waals surface area contributed by atoms with E-state index in [-0.39, 0.29) is 4.69 Å². The molecule has 0 spiro atoms. The summed E-state index contributed by atoms with van der Waals surface area (Å²) in [5.74, 6) is 0. The van der Waals surface area contributed by atoms with Gasteiger partial charge >= 0.3 is 0 Å². The van der Waals surface area contributed by atoms with Crippen LogP contribution < -0.4 is 4.57 Å². The number of nitrogens with zero attached hydrogens (tertiary/aromatic N) is 1. The quantitative estimate of drug-likeness (QED) is 0.280. The molecule has 0 aliphatic rings. The van der Waals surface area contributed by atoms with Crippen molar-refractivity contribution in [3.8, 4) is 0 Å². The molecule has 0 atom stereocenters. The Kier molecular flexibility index (Phi) is 8.10. The summed E-state index contributed by atoms with van der Waals surface area (Å²) >= 11 is 4.81. The first-order valence-electron chi connectivity index (χ1n) is 8.31. The molecule has 0 unspecified atom stereocenters. The molecule has 0 saturated heterocycles. The topological polar surface area (TPSA) is 20.9 Å². The van der Waals surface area contributed by atoms with Gasteiger partial charge in [0.2, 0.25) is 11.0 Å². The Bertz CT molecular complexity index is 581. The zero-order valence-electron chi connectivity index (χ0n) is 13.1. The first kappa shape index (κ1) is 17.6. The molecule has 2 rings (SSSR count). The minimum atomic E-state index is 0.144. The van der Waals surface area contributed by atoms with Gasteiger partial charge in [-0.15, -0.1) is 0 Å². The molecular weight excluding hydrogens is 358 g/mol. The lowest BCUT2D eigenvalue weighted by atomic mass is 10.1. The number of rotatable bonds is 11. The van der Waals surface area contributed by atoms with Gasteiger partial charge in [-0.1, -0.05) is 55.6 Å². The summed E-state index contributed by atoms with van der Waals surface area (Å²) in [5, 5.41) is 0. The maximum Gasteiger partial charge on any atom is 0.225 e. The predicted molar refractivity (Wildman–Crippen MR) is 97.5 cm³/mol. The number of hydrogen-bond donors (Lipinski definition) is 0. The molecular formula is C18H25BrNOS+. The maximum absolute atomic E-state index is 10.7. The summed E-state index contributed by atoms with van der Waals surface area (Å²) in [7, 11) is 0. The SMILES string of the molecule is O=C(Br)CCCCCCCCCC[n+]1csc2ccccc21. The molecule has 4 heteroatoms. The number of unbranched alkanes of at least 4 members (excludes halogenated alkanes) is 7. The predicted octanol–water partition coefficient (Wildman–Crippen LogP) is 5.62. The summed E-state index contributed by atoms with van der Waals surface area (Å²) in [5.41, 5.74) is 3.62. The molecule has 0 fully saturated rings. The van der Waals surface area contributed by atoms with Crippen molar-refractivity contribution < 1.29 is 9.36 Å². The van der Waals surface area contributed by atoms with E-state index in [1.54, 1.807) is 0 Å². The van der Waals surface area contributed by atoms with E-state index in [4.69, 9.17) is 0 Å². The number of thiazole rings is 1. The van der Waals surface area contributed by atoms with Gasteiger partial charge in [-0.05, 0) is 34.8 Å². The molecule has 0 bridgehead atoms. The molecule has 2 aromatic rings. The van der Waals surface area contributed by atoms with Crippen molar-refractivity contribution in [1.82, 2.24) is 0 Å². The van der Waals surface area contributed by atoms with Gasteiger partial charge in [-0.2, -0.15) is 4.57 Å². The standard InChI is InChI=1S/C18H25BrNOS/c19-18(21)13-7-5-3-1-2-4-6-10-14-20-15-22-17-12-9-8-11-16(17)20/h8-9,11-12,15H,1-7,10,13-14H2/q+1. The van der Waals surface area contributed by atoms with Crippen LogP contribution in [0.25, 0.3) is 10.2 Å². The molecule has 1 aromatic carbocycles. The van der Waals surface area contributed by atoms with Crippen LogP contribution in [0.5, 0.6) is 0 Å². The number of fused-ring (bicyclic) bond motifs is 1. The molecule has 22 heavy (non-hydrogen) atoms. The number of carbonyl (C=O) groups is 1. The van der Waals surface area contributed by atoms with Crippen molar-refractivity contribution in [3.05, 3.63) is 29.8 Å². The van der Waals surface area contributed by atoms with E-state index >= 15 is 0 Å². The van der Waals surface area contributed by atoms with Gasteiger partial charge in [0.05, 0.1) is 0 Å². The fourth-order valence-electron chi connectivity index (χ4n) is 2.75. The Morgan fingerprint density at radius 3 is 2.32 bits per heavy atom. The molecule has 1 aromatic heterocycles. The number of carbonyl (C=O) groups excluding carboxylic acids is 1. The summed E-state index contributed by atoms with van der Waals surface area (Å²) in [4.78, 5) is 10.7. The molecule has 0 N–H and O–H groups in total. The van der Waals surface area contributed by atoms with Gasteiger partial charge in [0.25, 0.3) is 0 Å². The normalized spacial score (nSPS) is 11.1. The van der Waals surface area contributed by atoms with Crippen LogP contribution >= 0.6 is 27.3 Å². The maximum atomic E-state index is 10.7. The fourth-order valence-corrected chi connectivity index (χ4v) is 3.95. The van der Waals surface area contributed by atoms with Gasteiger partial charge in [0.15, 0.2) is 4.69 Å². The number of aromatic nitrogens is 1. The lowest BCUT2D eigenvalue weighted by Gasteiger charge is -2.00. The minimum Gasteiger partial charge on any atom is -0.287 e. The third-order valence-corrected chi connectivity index (χ3v) is 5.36. The largest absolute Gasteiger partial charge is 0.287 e. The summed E-state index contributed by atoms with van der Waals surface area (Å²) in [6.45, 7) is 1.14. The van der Waals surface area contributed by atoms with Crippen molar-refractivity contribution in [1.29, 1.82) is 0 Å². The second-order valence-electron chi connectivity index (χ2n) is 5.82. The van der Waals surface area contributed by atoms with Crippen molar-refractivity contribution >= 4 is 42.2 Å². The van der Waals surface area contributed by atoms with Crippen LogP contribution in [0.15, 0.2) is 29.8 Å². The number of para-hydroxylation sites is 1. The van der Waals surface area contributed by atoms with E-state index in [1.807, 2.05) is 11.3 Å². The first-order chi connectivity index (χ1) is 10.8. The first-order valence-corrected chi connectivity index (χ1v) is 9.98. The van der Waals surface area contributed by atoms with E-state index in [2.05, 4.69) is 50.3 Å². The number of benzene rings is 1. The third kappa shape index (κ3) is 6.17. The van der Waals surface area contributed by atoms with Crippen molar-refractivity contribution in [2.24, 2.45) is 0 Å². The van der Waals surface area contributed by atoms with Crippen molar-refractivity contribution in [2.45, 2.75) is 64.3 Å².